The van der Waals surface area contributed by atoms with Crippen LogP contribution in [0, 0.1) is 5.92 Å². The Bertz CT molecular complexity index is 153. The minimum absolute atomic E-state index is 0.00275. The summed E-state index contributed by atoms with van der Waals surface area (Å²) in [4.78, 5) is 11.2. The lowest BCUT2D eigenvalue weighted by molar-refractivity contribution is -0.125. The summed E-state index contributed by atoms with van der Waals surface area (Å²) < 4.78 is 0. The molecule has 0 radical (unpaired) electrons. The monoisotopic (exact) mass is 173 g/mol. The summed E-state index contributed by atoms with van der Waals surface area (Å²) in [5, 5.41) is 11.6. The van der Waals surface area contributed by atoms with Crippen molar-refractivity contribution >= 4 is 5.91 Å². The maximum Gasteiger partial charge on any atom is 0.222 e. The summed E-state index contributed by atoms with van der Waals surface area (Å²) >= 11 is 0. The van der Waals surface area contributed by atoms with E-state index in [0.717, 1.165) is 0 Å². The van der Waals surface area contributed by atoms with Crippen LogP contribution >= 0.6 is 0 Å². The molecule has 0 atom stereocenters. The summed E-state index contributed by atoms with van der Waals surface area (Å²) in [7, 11) is 0. The van der Waals surface area contributed by atoms with Crippen LogP contribution in [0.15, 0.2) is 0 Å². The molecule has 0 aromatic carbocycles. The largest absolute Gasteiger partial charge is 0.396 e. The van der Waals surface area contributed by atoms with Crippen LogP contribution in [0.4, 0.5) is 0 Å². The lowest BCUT2D eigenvalue weighted by Gasteiger charge is -2.26. The van der Waals surface area contributed by atoms with Gasteiger partial charge in [-0.15, -0.1) is 0 Å². The van der Waals surface area contributed by atoms with Gasteiger partial charge < -0.3 is 10.4 Å². The van der Waals surface area contributed by atoms with Crippen molar-refractivity contribution in [2.75, 3.05) is 6.61 Å². The van der Waals surface area contributed by atoms with Crippen LogP contribution in [0.25, 0.3) is 0 Å². The van der Waals surface area contributed by atoms with E-state index in [1.54, 1.807) is 0 Å². The fourth-order valence-corrected chi connectivity index (χ4v) is 0.820. The standard InChI is InChI=1S/C9H19NO2/c1-7(2)8(12)10-9(3,4)5-6-11/h7,11H,5-6H2,1-4H3,(H,10,12). The SMILES string of the molecule is CC(C)C(=O)NC(C)(C)CCO. The summed E-state index contributed by atoms with van der Waals surface area (Å²) in [5.74, 6) is 0.0383. The molecule has 0 fully saturated rings. The van der Waals surface area contributed by atoms with E-state index in [4.69, 9.17) is 5.11 Å². The smallest absolute Gasteiger partial charge is 0.222 e. The van der Waals surface area contributed by atoms with Crippen LogP contribution in [-0.2, 0) is 4.79 Å². The Balaban J connectivity index is 3.96. The number of amides is 1. The van der Waals surface area contributed by atoms with Gasteiger partial charge in [0.15, 0.2) is 0 Å². The van der Waals surface area contributed by atoms with Gasteiger partial charge in [0.2, 0.25) is 5.91 Å². The zero-order chi connectivity index (χ0) is 9.78. The molecule has 0 saturated carbocycles. The number of nitrogens with one attached hydrogen (secondary N) is 1. The first-order valence-electron chi connectivity index (χ1n) is 4.32. The van der Waals surface area contributed by atoms with Gasteiger partial charge in [-0.1, -0.05) is 13.8 Å². The van der Waals surface area contributed by atoms with Gasteiger partial charge in [-0.05, 0) is 20.3 Å². The lowest BCUT2D eigenvalue weighted by atomic mass is 10.00. The normalized spacial score (nSPS) is 11.8. The van der Waals surface area contributed by atoms with Crippen molar-refractivity contribution < 1.29 is 9.90 Å². The molecule has 0 aliphatic carbocycles. The first-order chi connectivity index (χ1) is 5.39. The van der Waals surface area contributed by atoms with Gasteiger partial charge in [-0.25, -0.2) is 0 Å². The zero-order valence-corrected chi connectivity index (χ0v) is 8.35. The van der Waals surface area contributed by atoms with Gasteiger partial charge in [0.1, 0.15) is 0 Å². The number of aliphatic hydroxyl groups is 1. The molecular formula is C9H19NO2. The third-order valence-electron chi connectivity index (χ3n) is 1.72. The predicted octanol–water partition coefficient (Wildman–Crippen LogP) is 0.920. The van der Waals surface area contributed by atoms with Crippen molar-refractivity contribution in [2.24, 2.45) is 5.92 Å². The Morgan fingerprint density at radius 3 is 2.33 bits per heavy atom. The molecule has 0 bridgehead atoms. The number of carbonyl (C=O) groups is 1. The van der Waals surface area contributed by atoms with Crippen molar-refractivity contribution in [2.45, 2.75) is 39.7 Å². The van der Waals surface area contributed by atoms with Crippen molar-refractivity contribution in [3.63, 3.8) is 0 Å². The number of hydrogen-bond donors (Lipinski definition) is 2. The van der Waals surface area contributed by atoms with Crippen LogP contribution in [0.2, 0.25) is 0 Å². The third kappa shape index (κ3) is 4.34. The Morgan fingerprint density at radius 2 is 2.00 bits per heavy atom. The molecule has 0 aromatic heterocycles. The molecule has 3 nitrogen and oxygen atoms in total. The summed E-state index contributed by atoms with van der Waals surface area (Å²) in [6.45, 7) is 7.62. The molecule has 3 heteroatoms. The Hall–Kier alpha value is -0.570. The average molecular weight is 173 g/mol. The molecule has 0 saturated heterocycles. The topological polar surface area (TPSA) is 49.3 Å². The second-order valence-electron chi connectivity index (χ2n) is 4.00. The highest BCUT2D eigenvalue weighted by molar-refractivity contribution is 5.78. The van der Waals surface area contributed by atoms with Gasteiger partial charge >= 0.3 is 0 Å². The summed E-state index contributed by atoms with van der Waals surface area (Å²) in [6.07, 6.45) is 0.589. The maximum absolute atomic E-state index is 11.2. The molecule has 0 aliphatic heterocycles. The van der Waals surface area contributed by atoms with Gasteiger partial charge in [-0.3, -0.25) is 4.79 Å². The van der Waals surface area contributed by atoms with Gasteiger partial charge in [-0.2, -0.15) is 0 Å². The van der Waals surface area contributed by atoms with Crippen LogP contribution in [-0.4, -0.2) is 23.2 Å². The molecule has 2 N–H and O–H groups in total. The number of carbonyl (C=O) groups excluding carboxylic acids is 1. The second kappa shape index (κ2) is 4.45. The van der Waals surface area contributed by atoms with E-state index in [9.17, 15) is 4.79 Å². The van der Waals surface area contributed by atoms with E-state index in [1.807, 2.05) is 27.7 Å². The van der Waals surface area contributed by atoms with Gasteiger partial charge in [0.25, 0.3) is 0 Å². The van der Waals surface area contributed by atoms with E-state index < -0.39 is 0 Å². The highest BCUT2D eigenvalue weighted by atomic mass is 16.3. The fraction of sp³-hybridized carbons (Fsp3) is 0.889. The van der Waals surface area contributed by atoms with Crippen LogP contribution in [0.5, 0.6) is 0 Å². The highest BCUT2D eigenvalue weighted by Crippen LogP contribution is 2.08. The average Bonchev–Trinajstić information content (AvgIpc) is 1.85. The molecule has 12 heavy (non-hydrogen) atoms. The van der Waals surface area contributed by atoms with Gasteiger partial charge in [0, 0.05) is 18.1 Å². The molecule has 0 unspecified atom stereocenters. The molecule has 0 rings (SSSR count). The molecular weight excluding hydrogens is 154 g/mol. The zero-order valence-electron chi connectivity index (χ0n) is 8.35. The maximum atomic E-state index is 11.2. The minimum Gasteiger partial charge on any atom is -0.396 e. The third-order valence-corrected chi connectivity index (χ3v) is 1.72. The highest BCUT2D eigenvalue weighted by Gasteiger charge is 2.20. The molecule has 72 valence electrons. The molecule has 0 heterocycles. The van der Waals surface area contributed by atoms with Crippen molar-refractivity contribution in [1.82, 2.24) is 5.32 Å². The predicted molar refractivity (Wildman–Crippen MR) is 48.8 cm³/mol. The van der Waals surface area contributed by atoms with Crippen molar-refractivity contribution in [1.29, 1.82) is 0 Å². The minimum atomic E-state index is -0.296. The van der Waals surface area contributed by atoms with E-state index in [2.05, 4.69) is 5.32 Å². The summed E-state index contributed by atoms with van der Waals surface area (Å²) in [6, 6.07) is 0. The molecule has 1 amide bonds. The fourth-order valence-electron chi connectivity index (χ4n) is 0.820. The van der Waals surface area contributed by atoms with E-state index in [-0.39, 0.29) is 24.0 Å². The van der Waals surface area contributed by atoms with Crippen molar-refractivity contribution in [3.05, 3.63) is 0 Å². The van der Waals surface area contributed by atoms with Crippen LogP contribution in [0.1, 0.15) is 34.1 Å². The number of aliphatic hydroxyl groups excluding tert-OH is 1. The number of hydrogen-bond acceptors (Lipinski definition) is 2. The second-order valence-corrected chi connectivity index (χ2v) is 4.00. The first-order valence-corrected chi connectivity index (χ1v) is 4.32. The van der Waals surface area contributed by atoms with Crippen LogP contribution in [0.3, 0.4) is 0 Å². The summed E-state index contributed by atoms with van der Waals surface area (Å²) in [5.41, 5.74) is -0.296. The number of rotatable bonds is 4. The Labute approximate surface area is 74.2 Å². The molecule has 0 aromatic rings. The first kappa shape index (κ1) is 11.4. The molecule has 0 aliphatic rings. The Morgan fingerprint density at radius 1 is 1.50 bits per heavy atom. The van der Waals surface area contributed by atoms with E-state index in [1.165, 1.54) is 0 Å². The van der Waals surface area contributed by atoms with E-state index >= 15 is 0 Å². The van der Waals surface area contributed by atoms with Crippen molar-refractivity contribution in [3.8, 4) is 0 Å². The lowest BCUT2D eigenvalue weighted by Crippen LogP contribution is -2.45. The Kier molecular flexibility index (Phi) is 4.24. The quantitative estimate of drug-likeness (QED) is 0.664. The van der Waals surface area contributed by atoms with Gasteiger partial charge in [0.05, 0.1) is 0 Å². The molecule has 0 spiro atoms. The van der Waals surface area contributed by atoms with Crippen LogP contribution < -0.4 is 5.32 Å². The van der Waals surface area contributed by atoms with E-state index in [0.29, 0.717) is 6.42 Å².